The van der Waals surface area contributed by atoms with Gasteiger partial charge in [-0.25, -0.2) is 9.97 Å². The van der Waals surface area contributed by atoms with Gasteiger partial charge in [0, 0.05) is 22.8 Å². The Morgan fingerprint density at radius 3 is 2.67 bits per heavy atom. The van der Waals surface area contributed by atoms with Crippen LogP contribution < -0.4 is 14.2 Å². The van der Waals surface area contributed by atoms with Crippen molar-refractivity contribution < 1.29 is 14.2 Å². The predicted molar refractivity (Wildman–Crippen MR) is 122 cm³/mol. The fourth-order valence-electron chi connectivity index (χ4n) is 3.01. The first kappa shape index (κ1) is 20.6. The summed E-state index contributed by atoms with van der Waals surface area (Å²) < 4.78 is 16.6. The van der Waals surface area contributed by atoms with E-state index in [1.54, 1.807) is 30.2 Å². The minimum atomic E-state index is 0.600. The van der Waals surface area contributed by atoms with Gasteiger partial charge in [-0.2, -0.15) is 0 Å². The van der Waals surface area contributed by atoms with Crippen LogP contribution >= 0.6 is 23.1 Å². The second kappa shape index (κ2) is 9.40. The smallest absolute Gasteiger partial charge is 0.166 e. The molecule has 2 heterocycles. The van der Waals surface area contributed by atoms with E-state index in [0.29, 0.717) is 19.0 Å². The minimum Gasteiger partial charge on any atom is -0.494 e. The van der Waals surface area contributed by atoms with Crippen LogP contribution in [-0.2, 0) is 5.75 Å². The fourth-order valence-corrected chi connectivity index (χ4v) is 4.71. The molecule has 4 aromatic rings. The first-order valence-corrected chi connectivity index (χ1v) is 11.6. The Labute approximate surface area is 183 Å². The van der Waals surface area contributed by atoms with E-state index in [1.807, 2.05) is 50.2 Å². The molecule has 0 aliphatic rings. The molecule has 0 saturated heterocycles. The van der Waals surface area contributed by atoms with Crippen molar-refractivity contribution in [2.45, 2.75) is 24.8 Å². The maximum atomic E-state index is 5.59. The van der Waals surface area contributed by atoms with E-state index in [-0.39, 0.29) is 0 Å². The second-order valence-corrected chi connectivity index (χ2v) is 8.21. The van der Waals surface area contributed by atoms with Crippen molar-refractivity contribution in [2.24, 2.45) is 0 Å². The molecule has 0 fully saturated rings. The number of imidazole rings is 1. The number of methoxy groups -OCH3 is 1. The standard InChI is InChI=1S/C22H23N3O3S2/c1-4-27-16-7-8-17-18(11-16)25-22(24-17)30-13-15-12-29-21(23-15)14-6-9-19(28-5-2)20(10-14)26-3/h6-12H,4-5,13H2,1-3H3,(H,24,25). The average molecular weight is 442 g/mol. The van der Waals surface area contributed by atoms with Gasteiger partial charge in [0.15, 0.2) is 16.7 Å². The van der Waals surface area contributed by atoms with E-state index in [9.17, 15) is 0 Å². The first-order valence-electron chi connectivity index (χ1n) is 9.71. The molecule has 4 rings (SSSR count). The van der Waals surface area contributed by atoms with Crippen LogP contribution in [0.3, 0.4) is 0 Å². The van der Waals surface area contributed by atoms with Crippen molar-refractivity contribution in [3.63, 3.8) is 0 Å². The number of hydrogen-bond donors (Lipinski definition) is 1. The Balaban J connectivity index is 1.45. The molecule has 2 aromatic carbocycles. The highest BCUT2D eigenvalue weighted by atomic mass is 32.2. The Bertz CT molecular complexity index is 1140. The number of rotatable bonds is 9. The molecule has 0 aliphatic carbocycles. The van der Waals surface area contributed by atoms with E-state index in [0.717, 1.165) is 49.7 Å². The molecule has 0 spiro atoms. The van der Waals surface area contributed by atoms with Gasteiger partial charge in [-0.05, 0) is 44.2 Å². The van der Waals surface area contributed by atoms with Gasteiger partial charge in [0.05, 0.1) is 37.1 Å². The molecule has 1 N–H and O–H groups in total. The zero-order valence-electron chi connectivity index (χ0n) is 17.1. The van der Waals surface area contributed by atoms with Gasteiger partial charge < -0.3 is 19.2 Å². The summed E-state index contributed by atoms with van der Waals surface area (Å²) in [4.78, 5) is 12.8. The molecule has 0 aliphatic heterocycles. The normalized spacial score (nSPS) is 11.0. The minimum absolute atomic E-state index is 0.600. The summed E-state index contributed by atoms with van der Waals surface area (Å²) in [5.41, 5.74) is 3.94. The Morgan fingerprint density at radius 2 is 1.87 bits per heavy atom. The summed E-state index contributed by atoms with van der Waals surface area (Å²) in [7, 11) is 1.65. The molecule has 0 unspecified atom stereocenters. The summed E-state index contributed by atoms with van der Waals surface area (Å²) in [5, 5.41) is 3.91. The maximum Gasteiger partial charge on any atom is 0.166 e. The zero-order chi connectivity index (χ0) is 20.9. The predicted octanol–water partition coefficient (Wildman–Crippen LogP) is 5.78. The van der Waals surface area contributed by atoms with E-state index < -0.39 is 0 Å². The monoisotopic (exact) mass is 441 g/mol. The van der Waals surface area contributed by atoms with Crippen LogP contribution in [0.5, 0.6) is 17.2 Å². The van der Waals surface area contributed by atoms with E-state index in [1.165, 1.54) is 0 Å². The Morgan fingerprint density at radius 1 is 1.00 bits per heavy atom. The second-order valence-electron chi connectivity index (χ2n) is 6.39. The van der Waals surface area contributed by atoms with Gasteiger partial charge in [-0.3, -0.25) is 0 Å². The lowest BCUT2D eigenvalue weighted by Crippen LogP contribution is -1.95. The lowest BCUT2D eigenvalue weighted by molar-refractivity contribution is 0.311. The molecule has 156 valence electrons. The number of aromatic amines is 1. The SMILES string of the molecule is CCOc1ccc2nc(SCc3csc(-c4ccc(OCC)c(OC)c4)n3)[nH]c2c1. The maximum absolute atomic E-state index is 5.59. The number of ether oxygens (including phenoxy) is 3. The van der Waals surface area contributed by atoms with Crippen molar-refractivity contribution in [3.05, 3.63) is 47.5 Å². The highest BCUT2D eigenvalue weighted by molar-refractivity contribution is 7.98. The number of thiazole rings is 1. The summed E-state index contributed by atoms with van der Waals surface area (Å²) in [6, 6.07) is 11.8. The van der Waals surface area contributed by atoms with Crippen molar-refractivity contribution in [2.75, 3.05) is 20.3 Å². The molecule has 0 bridgehead atoms. The average Bonchev–Trinajstić information content (AvgIpc) is 3.39. The van der Waals surface area contributed by atoms with Crippen LogP contribution in [0.1, 0.15) is 19.5 Å². The molecule has 8 heteroatoms. The lowest BCUT2D eigenvalue weighted by Gasteiger charge is -2.09. The van der Waals surface area contributed by atoms with Gasteiger partial charge in [-0.1, -0.05) is 11.8 Å². The highest BCUT2D eigenvalue weighted by Gasteiger charge is 2.11. The van der Waals surface area contributed by atoms with Crippen LogP contribution in [0.4, 0.5) is 0 Å². The summed E-state index contributed by atoms with van der Waals surface area (Å²) >= 11 is 3.26. The number of H-pyrrole nitrogens is 1. The van der Waals surface area contributed by atoms with E-state index in [4.69, 9.17) is 19.2 Å². The van der Waals surface area contributed by atoms with Crippen LogP contribution in [0.25, 0.3) is 21.6 Å². The molecule has 0 saturated carbocycles. The largest absolute Gasteiger partial charge is 0.494 e. The molecular formula is C22H23N3O3S2. The summed E-state index contributed by atoms with van der Waals surface area (Å²) in [5.74, 6) is 3.05. The molecule has 2 aromatic heterocycles. The van der Waals surface area contributed by atoms with Gasteiger partial charge >= 0.3 is 0 Å². The number of aromatic nitrogens is 3. The van der Waals surface area contributed by atoms with E-state index >= 15 is 0 Å². The van der Waals surface area contributed by atoms with Gasteiger partial charge in [0.25, 0.3) is 0 Å². The summed E-state index contributed by atoms with van der Waals surface area (Å²) in [6.45, 7) is 5.18. The van der Waals surface area contributed by atoms with Crippen LogP contribution in [0, 0.1) is 0 Å². The fraction of sp³-hybridized carbons (Fsp3) is 0.273. The van der Waals surface area contributed by atoms with Gasteiger partial charge in [0.2, 0.25) is 0 Å². The van der Waals surface area contributed by atoms with Crippen LogP contribution in [-0.4, -0.2) is 35.3 Å². The Kier molecular flexibility index (Phi) is 6.44. The zero-order valence-corrected chi connectivity index (χ0v) is 18.7. The van der Waals surface area contributed by atoms with Gasteiger partial charge in [-0.15, -0.1) is 11.3 Å². The molecule has 0 atom stereocenters. The number of fused-ring (bicyclic) bond motifs is 1. The van der Waals surface area contributed by atoms with Crippen LogP contribution in [0.2, 0.25) is 0 Å². The Hall–Kier alpha value is -2.71. The first-order chi connectivity index (χ1) is 14.7. The topological polar surface area (TPSA) is 69.3 Å². The number of nitrogens with one attached hydrogen (secondary N) is 1. The molecule has 0 amide bonds. The third-order valence-corrected chi connectivity index (χ3v) is 6.21. The number of nitrogens with zero attached hydrogens (tertiary/aromatic N) is 2. The number of hydrogen-bond acceptors (Lipinski definition) is 7. The van der Waals surface area contributed by atoms with Crippen molar-refractivity contribution in [3.8, 4) is 27.8 Å². The molecular weight excluding hydrogens is 418 g/mol. The van der Waals surface area contributed by atoms with E-state index in [2.05, 4.69) is 15.3 Å². The molecule has 0 radical (unpaired) electrons. The highest BCUT2D eigenvalue weighted by Crippen LogP contribution is 2.34. The van der Waals surface area contributed by atoms with Crippen molar-refractivity contribution >= 4 is 34.1 Å². The van der Waals surface area contributed by atoms with Gasteiger partial charge in [0.1, 0.15) is 10.8 Å². The number of benzene rings is 2. The number of thioether (sulfide) groups is 1. The van der Waals surface area contributed by atoms with Crippen molar-refractivity contribution in [1.29, 1.82) is 0 Å². The molecule has 30 heavy (non-hydrogen) atoms. The quantitative estimate of drug-likeness (QED) is 0.332. The van der Waals surface area contributed by atoms with Crippen molar-refractivity contribution in [1.82, 2.24) is 15.0 Å². The third-order valence-electron chi connectivity index (χ3n) is 4.36. The summed E-state index contributed by atoms with van der Waals surface area (Å²) in [6.07, 6.45) is 0. The third kappa shape index (κ3) is 4.55. The van der Waals surface area contributed by atoms with Crippen LogP contribution in [0.15, 0.2) is 46.9 Å². The lowest BCUT2D eigenvalue weighted by atomic mass is 10.2. The molecule has 6 nitrogen and oxygen atoms in total.